The van der Waals surface area contributed by atoms with Gasteiger partial charge in [0.2, 0.25) is 0 Å². The number of aryl methyl sites for hydroxylation is 1. The van der Waals surface area contributed by atoms with Gasteiger partial charge >= 0.3 is 0 Å². The summed E-state index contributed by atoms with van der Waals surface area (Å²) < 4.78 is 0. The van der Waals surface area contributed by atoms with E-state index in [0.717, 1.165) is 6.54 Å². The third-order valence-electron chi connectivity index (χ3n) is 4.52. The molecule has 0 bridgehead atoms. The molecule has 0 unspecified atom stereocenters. The molecule has 1 aromatic heterocycles. The molecule has 3 rings (SSSR count). The highest BCUT2D eigenvalue weighted by Gasteiger charge is 2.24. The number of nitrogens with zero attached hydrogens (tertiary/aromatic N) is 1. The van der Waals surface area contributed by atoms with Crippen LogP contribution in [0.1, 0.15) is 30.9 Å². The van der Waals surface area contributed by atoms with Gasteiger partial charge in [0, 0.05) is 29.7 Å². The first-order valence-electron chi connectivity index (χ1n) is 7.76. The lowest BCUT2D eigenvalue weighted by Gasteiger charge is -2.34. The molecule has 2 nitrogen and oxygen atoms in total. The molecule has 0 radical (unpaired) electrons. The zero-order chi connectivity index (χ0) is 13.9. The van der Waals surface area contributed by atoms with Crippen molar-refractivity contribution in [1.82, 2.24) is 9.88 Å². The summed E-state index contributed by atoms with van der Waals surface area (Å²) in [6.45, 7) is 8.36. The van der Waals surface area contributed by atoms with Crippen molar-refractivity contribution in [2.75, 3.05) is 13.1 Å². The van der Waals surface area contributed by atoms with Crippen molar-refractivity contribution in [3.63, 3.8) is 0 Å². The molecule has 0 aliphatic heterocycles. The number of aromatic amines is 1. The number of fused-ring (bicyclic) bond motifs is 3. The van der Waals surface area contributed by atoms with Gasteiger partial charge in [0.15, 0.2) is 0 Å². The third-order valence-corrected chi connectivity index (χ3v) is 4.52. The summed E-state index contributed by atoms with van der Waals surface area (Å²) in [5, 5.41) is 1.42. The Morgan fingerprint density at radius 2 is 2.30 bits per heavy atom. The number of aromatic nitrogens is 1. The second-order valence-electron chi connectivity index (χ2n) is 5.82. The van der Waals surface area contributed by atoms with E-state index in [0.29, 0.717) is 6.04 Å². The van der Waals surface area contributed by atoms with E-state index in [-0.39, 0.29) is 0 Å². The molecule has 0 spiro atoms. The molecule has 1 N–H and O–H groups in total. The molecule has 2 heteroatoms. The number of benzene rings is 1. The largest absolute Gasteiger partial charge is 0.361 e. The van der Waals surface area contributed by atoms with Crippen molar-refractivity contribution >= 4 is 10.9 Å². The highest BCUT2D eigenvalue weighted by Crippen LogP contribution is 2.30. The van der Waals surface area contributed by atoms with Crippen LogP contribution >= 0.6 is 0 Å². The smallest absolute Gasteiger partial charge is 0.0456 e. The third kappa shape index (κ3) is 2.40. The van der Waals surface area contributed by atoms with Gasteiger partial charge in [-0.15, -0.1) is 6.58 Å². The van der Waals surface area contributed by atoms with Crippen LogP contribution in [0.3, 0.4) is 0 Å². The van der Waals surface area contributed by atoms with E-state index in [2.05, 4.69) is 47.8 Å². The number of hydrogen-bond donors (Lipinski definition) is 1. The van der Waals surface area contributed by atoms with Crippen LogP contribution in [0.4, 0.5) is 0 Å². The minimum atomic E-state index is 0.668. The van der Waals surface area contributed by atoms with E-state index in [1.165, 1.54) is 43.1 Å². The first-order chi connectivity index (χ1) is 9.83. The van der Waals surface area contributed by atoms with E-state index in [4.69, 9.17) is 0 Å². The predicted octanol–water partition coefficient (Wildman–Crippen LogP) is 3.92. The summed E-state index contributed by atoms with van der Waals surface area (Å²) in [6.07, 6.45) is 8.98. The summed E-state index contributed by atoms with van der Waals surface area (Å²) in [4.78, 5) is 5.93. The number of rotatable bonds is 5. The maximum Gasteiger partial charge on any atom is 0.0456 e. The summed E-state index contributed by atoms with van der Waals surface area (Å²) in [6, 6.07) is 7.43. The number of hydrogen-bond acceptors (Lipinski definition) is 1. The van der Waals surface area contributed by atoms with Gasteiger partial charge < -0.3 is 4.98 Å². The summed E-state index contributed by atoms with van der Waals surface area (Å²) in [5.41, 5.74) is 4.38. The lowest BCUT2D eigenvalue weighted by molar-refractivity contribution is 0.200. The van der Waals surface area contributed by atoms with Crippen LogP contribution < -0.4 is 0 Å². The Labute approximate surface area is 121 Å². The van der Waals surface area contributed by atoms with Gasteiger partial charge in [0.1, 0.15) is 0 Å². The van der Waals surface area contributed by atoms with Gasteiger partial charge in [-0.05, 0) is 55.5 Å². The second kappa shape index (κ2) is 5.84. The highest BCUT2D eigenvalue weighted by atomic mass is 15.1. The maximum atomic E-state index is 3.92. The van der Waals surface area contributed by atoms with Crippen molar-refractivity contribution in [1.29, 1.82) is 0 Å². The van der Waals surface area contributed by atoms with Crippen LogP contribution in [-0.2, 0) is 12.8 Å². The Morgan fingerprint density at radius 1 is 1.40 bits per heavy atom. The van der Waals surface area contributed by atoms with E-state index in [1.807, 2.05) is 6.08 Å². The Morgan fingerprint density at radius 3 is 3.10 bits per heavy atom. The fraction of sp³-hybridized carbons (Fsp3) is 0.444. The Balaban J connectivity index is 1.89. The SMILES string of the molecule is C=CCN(CCC)[C@H]1CCc2ccc3[nH]ccc3c2C1. The minimum Gasteiger partial charge on any atom is -0.361 e. The zero-order valence-corrected chi connectivity index (χ0v) is 12.4. The summed E-state index contributed by atoms with van der Waals surface area (Å²) >= 11 is 0. The van der Waals surface area contributed by atoms with E-state index in [9.17, 15) is 0 Å². The molecule has 1 aliphatic carbocycles. The van der Waals surface area contributed by atoms with Gasteiger partial charge in [0.25, 0.3) is 0 Å². The second-order valence-corrected chi connectivity index (χ2v) is 5.82. The first kappa shape index (κ1) is 13.4. The van der Waals surface area contributed by atoms with Crippen LogP contribution in [0.5, 0.6) is 0 Å². The molecule has 1 atom stereocenters. The Hall–Kier alpha value is -1.54. The molecule has 1 aliphatic rings. The van der Waals surface area contributed by atoms with E-state index >= 15 is 0 Å². The molecular weight excluding hydrogens is 244 g/mol. The maximum absolute atomic E-state index is 3.92. The minimum absolute atomic E-state index is 0.668. The Bertz CT molecular complexity index is 596. The van der Waals surface area contributed by atoms with Gasteiger partial charge in [0.05, 0.1) is 0 Å². The molecule has 1 aromatic carbocycles. The van der Waals surface area contributed by atoms with Crippen LogP contribution in [0.2, 0.25) is 0 Å². The van der Waals surface area contributed by atoms with Crippen molar-refractivity contribution in [3.05, 3.63) is 48.2 Å². The van der Waals surface area contributed by atoms with Crippen LogP contribution in [-0.4, -0.2) is 29.0 Å². The molecular formula is C18H24N2. The lowest BCUT2D eigenvalue weighted by atomic mass is 9.85. The number of nitrogens with one attached hydrogen (secondary N) is 1. The molecule has 106 valence electrons. The van der Waals surface area contributed by atoms with Crippen molar-refractivity contribution in [2.45, 2.75) is 38.6 Å². The molecule has 20 heavy (non-hydrogen) atoms. The summed E-state index contributed by atoms with van der Waals surface area (Å²) in [5.74, 6) is 0. The van der Waals surface area contributed by atoms with Crippen LogP contribution in [0.25, 0.3) is 10.9 Å². The Kier molecular flexibility index (Phi) is 3.93. The molecule has 2 aromatic rings. The average Bonchev–Trinajstić information content (AvgIpc) is 2.95. The average molecular weight is 268 g/mol. The lowest BCUT2D eigenvalue weighted by Crippen LogP contribution is -2.40. The zero-order valence-electron chi connectivity index (χ0n) is 12.4. The van der Waals surface area contributed by atoms with E-state index < -0.39 is 0 Å². The van der Waals surface area contributed by atoms with Crippen LogP contribution in [0, 0.1) is 0 Å². The topological polar surface area (TPSA) is 19.0 Å². The first-order valence-corrected chi connectivity index (χ1v) is 7.76. The van der Waals surface area contributed by atoms with Gasteiger partial charge in [-0.25, -0.2) is 0 Å². The standard InChI is InChI=1S/C18H24N2/c1-3-11-20(12-4-2)15-7-5-14-6-8-18-16(9-10-19-18)17(14)13-15/h3,6,8-10,15,19H,1,4-5,7,11-13H2,2H3/t15-/m0/s1. The quantitative estimate of drug-likeness (QED) is 0.814. The van der Waals surface area contributed by atoms with Crippen LogP contribution in [0.15, 0.2) is 37.1 Å². The molecule has 0 fully saturated rings. The van der Waals surface area contributed by atoms with Gasteiger partial charge in [-0.1, -0.05) is 19.1 Å². The van der Waals surface area contributed by atoms with E-state index in [1.54, 1.807) is 11.1 Å². The molecule has 1 heterocycles. The predicted molar refractivity (Wildman–Crippen MR) is 86.2 cm³/mol. The number of H-pyrrole nitrogens is 1. The van der Waals surface area contributed by atoms with Crippen molar-refractivity contribution in [2.24, 2.45) is 0 Å². The highest BCUT2D eigenvalue weighted by molar-refractivity contribution is 5.84. The summed E-state index contributed by atoms with van der Waals surface area (Å²) in [7, 11) is 0. The van der Waals surface area contributed by atoms with Crippen molar-refractivity contribution in [3.8, 4) is 0 Å². The fourth-order valence-electron chi connectivity index (χ4n) is 3.56. The normalized spacial score (nSPS) is 18.4. The van der Waals surface area contributed by atoms with Gasteiger partial charge in [-0.3, -0.25) is 4.90 Å². The molecule has 0 amide bonds. The van der Waals surface area contributed by atoms with Gasteiger partial charge in [-0.2, -0.15) is 0 Å². The molecule has 0 saturated carbocycles. The monoisotopic (exact) mass is 268 g/mol. The molecule has 0 saturated heterocycles. The fourth-order valence-corrected chi connectivity index (χ4v) is 3.56. The van der Waals surface area contributed by atoms with Crippen molar-refractivity contribution < 1.29 is 0 Å².